The number of nitrogens with zero attached hydrogens (tertiary/aromatic N) is 4. The van der Waals surface area contributed by atoms with E-state index in [0.29, 0.717) is 29.1 Å². The fourth-order valence-electron chi connectivity index (χ4n) is 4.28. The third-order valence-electron chi connectivity index (χ3n) is 5.82. The molecule has 32 heavy (non-hydrogen) atoms. The van der Waals surface area contributed by atoms with Crippen LogP contribution < -0.4 is 4.74 Å². The summed E-state index contributed by atoms with van der Waals surface area (Å²) in [6.07, 6.45) is 1.83. The summed E-state index contributed by atoms with van der Waals surface area (Å²) in [6, 6.07) is 7.22. The largest absolute Gasteiger partial charge is 0.488 e. The summed E-state index contributed by atoms with van der Waals surface area (Å²) in [5, 5.41) is 6.94. The number of alkyl halides is 2. The summed E-state index contributed by atoms with van der Waals surface area (Å²) in [4.78, 5) is 19.3. The lowest BCUT2D eigenvalue weighted by atomic mass is 9.91. The molecule has 1 aliphatic carbocycles. The molecule has 166 valence electrons. The molecule has 3 aromatic rings. The minimum atomic E-state index is -2.87. The van der Waals surface area contributed by atoms with Crippen LogP contribution in [0.4, 0.5) is 13.2 Å². The number of pyridine rings is 1. The van der Waals surface area contributed by atoms with Gasteiger partial charge >= 0.3 is 6.43 Å². The van der Waals surface area contributed by atoms with Crippen molar-refractivity contribution in [2.24, 2.45) is 0 Å². The lowest BCUT2D eigenvalue weighted by Crippen LogP contribution is -2.48. The predicted octanol–water partition coefficient (Wildman–Crippen LogP) is 4.55. The van der Waals surface area contributed by atoms with Crippen molar-refractivity contribution in [3.05, 3.63) is 59.5 Å². The molecule has 0 radical (unpaired) electrons. The highest BCUT2D eigenvalue weighted by Crippen LogP contribution is 2.34. The number of ether oxygens (including phenoxy) is 1. The second-order valence-corrected chi connectivity index (χ2v) is 7.86. The number of hydrogen-bond donors (Lipinski definition) is 0. The zero-order chi connectivity index (χ0) is 22.2. The Kier molecular flexibility index (Phi) is 5.28. The first-order valence-electron chi connectivity index (χ1n) is 10.3. The van der Waals surface area contributed by atoms with Crippen molar-refractivity contribution in [2.45, 2.75) is 50.8 Å². The van der Waals surface area contributed by atoms with Crippen molar-refractivity contribution in [3.8, 4) is 17.2 Å². The third kappa shape index (κ3) is 3.80. The normalized spacial score (nSPS) is 20.6. The van der Waals surface area contributed by atoms with Crippen LogP contribution in [0.25, 0.3) is 11.5 Å². The number of benzene rings is 1. The minimum absolute atomic E-state index is 0.114. The molecule has 0 N–H and O–H groups in total. The van der Waals surface area contributed by atoms with Gasteiger partial charge in [-0.15, -0.1) is 10.2 Å². The molecule has 0 spiro atoms. The summed E-state index contributed by atoms with van der Waals surface area (Å²) in [7, 11) is 0. The number of rotatable bonds is 5. The van der Waals surface area contributed by atoms with Gasteiger partial charge in [-0.3, -0.25) is 9.78 Å². The van der Waals surface area contributed by atoms with Crippen molar-refractivity contribution >= 4 is 5.91 Å². The standard InChI is InChI=1S/C22H19F3N4O3/c23-13-5-7-14(8-6-13)31-18-4-2-1-3-17(18)29-11-16-15(22(29)30)9-12(10-26-16)20-27-28-21(32-20)19(24)25/h5-10,17-19H,1-4,11H2. The lowest BCUT2D eigenvalue weighted by Gasteiger charge is -2.37. The number of halogens is 3. The van der Waals surface area contributed by atoms with Gasteiger partial charge in [0, 0.05) is 6.20 Å². The molecule has 1 amide bonds. The van der Waals surface area contributed by atoms with Crippen molar-refractivity contribution in [1.82, 2.24) is 20.1 Å². The molecule has 2 aliphatic rings. The molecule has 0 bridgehead atoms. The Labute approximate surface area is 181 Å². The predicted molar refractivity (Wildman–Crippen MR) is 105 cm³/mol. The van der Waals surface area contributed by atoms with Crippen LogP contribution in [0.2, 0.25) is 0 Å². The Morgan fingerprint density at radius 1 is 1.12 bits per heavy atom. The van der Waals surface area contributed by atoms with E-state index in [1.807, 2.05) is 0 Å². The van der Waals surface area contributed by atoms with Gasteiger partial charge in [0.05, 0.1) is 29.4 Å². The molecule has 2 atom stereocenters. The molecule has 2 unspecified atom stereocenters. The number of carbonyl (C=O) groups is 1. The molecule has 0 saturated heterocycles. The highest BCUT2D eigenvalue weighted by atomic mass is 19.3. The Hall–Kier alpha value is -3.43. The Morgan fingerprint density at radius 3 is 2.66 bits per heavy atom. The fourth-order valence-corrected chi connectivity index (χ4v) is 4.28. The number of carbonyl (C=O) groups excluding carboxylic acids is 1. The van der Waals surface area contributed by atoms with Gasteiger partial charge in [-0.05, 0) is 49.6 Å². The van der Waals surface area contributed by atoms with Crippen molar-refractivity contribution in [1.29, 1.82) is 0 Å². The molecule has 10 heteroatoms. The van der Waals surface area contributed by atoms with Crippen LogP contribution in [0.1, 0.15) is 54.1 Å². The van der Waals surface area contributed by atoms with Gasteiger partial charge in [0.2, 0.25) is 5.89 Å². The smallest absolute Gasteiger partial charge is 0.314 e. The maximum absolute atomic E-state index is 13.2. The van der Waals surface area contributed by atoms with Crippen LogP contribution in [0.15, 0.2) is 40.9 Å². The molecular weight excluding hydrogens is 425 g/mol. The zero-order valence-corrected chi connectivity index (χ0v) is 16.9. The van der Waals surface area contributed by atoms with Crippen LogP contribution in [-0.2, 0) is 6.54 Å². The van der Waals surface area contributed by atoms with Gasteiger partial charge in [0.25, 0.3) is 11.8 Å². The molecular formula is C22H19F3N4O3. The second kappa shape index (κ2) is 8.25. The van der Waals surface area contributed by atoms with E-state index in [1.165, 1.54) is 18.3 Å². The van der Waals surface area contributed by atoms with Crippen LogP contribution in [0.3, 0.4) is 0 Å². The van der Waals surface area contributed by atoms with Gasteiger partial charge < -0.3 is 14.1 Å². The van der Waals surface area contributed by atoms with Gasteiger partial charge in [-0.1, -0.05) is 6.42 Å². The van der Waals surface area contributed by atoms with Gasteiger partial charge in [0.15, 0.2) is 0 Å². The number of aromatic nitrogens is 3. The molecule has 2 aromatic heterocycles. The SMILES string of the molecule is O=C1c2cc(-c3nnc(C(F)F)o3)cnc2CN1C1CCCCC1Oc1ccc(F)cc1. The average Bonchev–Trinajstić information content (AvgIpc) is 3.41. The Balaban J connectivity index is 1.37. The van der Waals surface area contributed by atoms with E-state index in [1.54, 1.807) is 23.1 Å². The van der Waals surface area contributed by atoms with Gasteiger partial charge in [-0.25, -0.2) is 4.39 Å². The van der Waals surface area contributed by atoms with E-state index in [4.69, 9.17) is 9.15 Å². The highest BCUT2D eigenvalue weighted by Gasteiger charge is 2.40. The molecule has 5 rings (SSSR count). The van der Waals surface area contributed by atoms with E-state index in [2.05, 4.69) is 15.2 Å². The maximum Gasteiger partial charge on any atom is 0.314 e. The Bertz CT molecular complexity index is 1140. The summed E-state index contributed by atoms with van der Waals surface area (Å²) in [5.41, 5.74) is 1.28. The molecule has 3 heterocycles. The fraction of sp³-hybridized carbons (Fsp3) is 0.364. The molecule has 1 aliphatic heterocycles. The molecule has 1 saturated carbocycles. The van der Waals surface area contributed by atoms with E-state index in [9.17, 15) is 18.0 Å². The average molecular weight is 444 g/mol. The minimum Gasteiger partial charge on any atom is -0.488 e. The van der Waals surface area contributed by atoms with Crippen LogP contribution in [0, 0.1) is 5.82 Å². The monoisotopic (exact) mass is 444 g/mol. The second-order valence-electron chi connectivity index (χ2n) is 7.86. The first-order chi connectivity index (χ1) is 15.5. The molecule has 1 fully saturated rings. The van der Waals surface area contributed by atoms with Crippen molar-refractivity contribution < 1.29 is 27.1 Å². The topological polar surface area (TPSA) is 81.3 Å². The number of hydrogen-bond acceptors (Lipinski definition) is 6. The summed E-state index contributed by atoms with van der Waals surface area (Å²) < 4.78 is 49.8. The van der Waals surface area contributed by atoms with E-state index in [0.717, 1.165) is 25.7 Å². The van der Waals surface area contributed by atoms with Crippen molar-refractivity contribution in [3.63, 3.8) is 0 Å². The molecule has 7 nitrogen and oxygen atoms in total. The summed E-state index contributed by atoms with van der Waals surface area (Å²) in [5.74, 6) is -0.887. The number of amides is 1. The van der Waals surface area contributed by atoms with Crippen LogP contribution in [-0.4, -0.2) is 38.1 Å². The highest BCUT2D eigenvalue weighted by molar-refractivity contribution is 5.99. The van der Waals surface area contributed by atoms with Crippen molar-refractivity contribution in [2.75, 3.05) is 0 Å². The first-order valence-corrected chi connectivity index (χ1v) is 10.3. The van der Waals surface area contributed by atoms with Crippen LogP contribution >= 0.6 is 0 Å². The van der Waals surface area contributed by atoms with E-state index in [-0.39, 0.29) is 29.8 Å². The quantitative estimate of drug-likeness (QED) is 0.574. The van der Waals surface area contributed by atoms with E-state index >= 15 is 0 Å². The first kappa shape index (κ1) is 20.5. The lowest BCUT2D eigenvalue weighted by molar-refractivity contribution is 0.0296. The Morgan fingerprint density at radius 2 is 1.91 bits per heavy atom. The molecule has 1 aromatic carbocycles. The third-order valence-corrected chi connectivity index (χ3v) is 5.82. The number of fused-ring (bicyclic) bond motifs is 1. The van der Waals surface area contributed by atoms with Crippen LogP contribution in [0.5, 0.6) is 5.75 Å². The van der Waals surface area contributed by atoms with E-state index < -0.39 is 12.3 Å². The van der Waals surface area contributed by atoms with Gasteiger partial charge in [0.1, 0.15) is 17.7 Å². The zero-order valence-electron chi connectivity index (χ0n) is 16.9. The van der Waals surface area contributed by atoms with Gasteiger partial charge in [-0.2, -0.15) is 8.78 Å². The summed E-state index contributed by atoms with van der Waals surface area (Å²) in [6.45, 7) is 0.328. The summed E-state index contributed by atoms with van der Waals surface area (Å²) >= 11 is 0. The maximum atomic E-state index is 13.2.